The molecule has 0 aliphatic heterocycles. The van der Waals surface area contributed by atoms with Gasteiger partial charge in [-0.25, -0.2) is 13.8 Å². The van der Waals surface area contributed by atoms with Gasteiger partial charge in [0.05, 0.1) is 16.8 Å². The van der Waals surface area contributed by atoms with Gasteiger partial charge in [-0.15, -0.1) is 0 Å². The normalized spacial score (nSPS) is 11.5. The van der Waals surface area contributed by atoms with Crippen LogP contribution in [0, 0.1) is 0 Å². The number of hydrogen-bond acceptors (Lipinski definition) is 4. The lowest BCUT2D eigenvalue weighted by Crippen LogP contribution is -2.39. The molecule has 1 amide bonds. The number of halogens is 1. The summed E-state index contributed by atoms with van der Waals surface area (Å²) in [5, 5.41) is 6.51. The smallest absolute Gasteiger partial charge is 0.264 e. The van der Waals surface area contributed by atoms with E-state index in [2.05, 4.69) is 10.5 Å². The molecule has 6 nitrogen and oxygen atoms in total. The monoisotopic (exact) mass is 477 g/mol. The van der Waals surface area contributed by atoms with Gasteiger partial charge in [0.1, 0.15) is 6.54 Å². The molecule has 0 aliphatic rings. The molecule has 0 aliphatic carbocycles. The Balaban J connectivity index is 1.56. The third kappa shape index (κ3) is 5.22. The summed E-state index contributed by atoms with van der Waals surface area (Å²) in [5.74, 6) is -0.576. The fourth-order valence-corrected chi connectivity index (χ4v) is 4.89. The summed E-state index contributed by atoms with van der Waals surface area (Å²) in [5.41, 5.74) is 3.63. The van der Waals surface area contributed by atoms with Crippen LogP contribution in [0.1, 0.15) is 5.56 Å². The second-order valence-electron chi connectivity index (χ2n) is 7.16. The third-order valence-corrected chi connectivity index (χ3v) is 6.99. The number of rotatable bonds is 7. The Morgan fingerprint density at radius 3 is 2.30 bits per heavy atom. The van der Waals surface area contributed by atoms with E-state index < -0.39 is 22.5 Å². The molecule has 1 N–H and O–H groups in total. The van der Waals surface area contributed by atoms with Crippen molar-refractivity contribution in [2.45, 2.75) is 4.90 Å². The number of carbonyl (C=O) groups excluding carboxylic acids is 1. The number of fused-ring (bicyclic) bond motifs is 1. The highest BCUT2D eigenvalue weighted by atomic mass is 35.5. The van der Waals surface area contributed by atoms with Crippen LogP contribution >= 0.6 is 11.6 Å². The predicted octanol–water partition coefficient (Wildman–Crippen LogP) is 4.84. The van der Waals surface area contributed by atoms with Crippen LogP contribution < -0.4 is 9.73 Å². The summed E-state index contributed by atoms with van der Waals surface area (Å²) in [7, 11) is -4.01. The van der Waals surface area contributed by atoms with E-state index in [0.29, 0.717) is 10.7 Å². The van der Waals surface area contributed by atoms with E-state index in [9.17, 15) is 13.2 Å². The molecular formula is C25H20ClN3O3S. The van der Waals surface area contributed by atoms with Crippen molar-refractivity contribution < 1.29 is 13.2 Å². The van der Waals surface area contributed by atoms with Gasteiger partial charge in [-0.05, 0) is 47.2 Å². The van der Waals surface area contributed by atoms with Gasteiger partial charge in [-0.3, -0.25) is 9.10 Å². The van der Waals surface area contributed by atoms with Gasteiger partial charge < -0.3 is 0 Å². The Morgan fingerprint density at radius 1 is 0.879 bits per heavy atom. The molecule has 0 saturated carbocycles. The zero-order valence-electron chi connectivity index (χ0n) is 17.4. The fourth-order valence-electron chi connectivity index (χ4n) is 3.35. The van der Waals surface area contributed by atoms with E-state index in [1.165, 1.54) is 24.3 Å². The van der Waals surface area contributed by atoms with Crippen molar-refractivity contribution in [2.75, 3.05) is 10.8 Å². The molecule has 4 aromatic rings. The van der Waals surface area contributed by atoms with E-state index in [1.54, 1.807) is 36.5 Å². The van der Waals surface area contributed by atoms with Crippen LogP contribution in [0.5, 0.6) is 0 Å². The van der Waals surface area contributed by atoms with Gasteiger partial charge in [0.15, 0.2) is 0 Å². The molecule has 0 bridgehead atoms. The Hall–Kier alpha value is -3.68. The van der Waals surface area contributed by atoms with Crippen molar-refractivity contribution in [2.24, 2.45) is 5.10 Å². The topological polar surface area (TPSA) is 78.8 Å². The number of carbonyl (C=O) groups is 1. The van der Waals surface area contributed by atoms with Gasteiger partial charge in [0, 0.05) is 10.6 Å². The first kappa shape index (κ1) is 22.5. The van der Waals surface area contributed by atoms with Crippen LogP contribution in [-0.4, -0.2) is 27.1 Å². The van der Waals surface area contributed by atoms with Gasteiger partial charge in [-0.2, -0.15) is 5.10 Å². The van der Waals surface area contributed by atoms with Crippen LogP contribution in [-0.2, 0) is 14.8 Å². The second-order valence-corrected chi connectivity index (χ2v) is 9.46. The predicted molar refractivity (Wildman–Crippen MR) is 132 cm³/mol. The highest BCUT2D eigenvalue weighted by molar-refractivity contribution is 7.92. The Kier molecular flexibility index (Phi) is 6.72. The summed E-state index contributed by atoms with van der Waals surface area (Å²) < 4.78 is 27.6. The average Bonchev–Trinajstić information content (AvgIpc) is 2.83. The van der Waals surface area contributed by atoms with Gasteiger partial charge in [-0.1, -0.05) is 72.3 Å². The van der Waals surface area contributed by atoms with E-state index in [0.717, 1.165) is 20.6 Å². The summed E-state index contributed by atoms with van der Waals surface area (Å²) in [6, 6.07) is 27.8. The minimum atomic E-state index is -4.01. The van der Waals surface area contributed by atoms with E-state index >= 15 is 0 Å². The first-order chi connectivity index (χ1) is 15.9. The maximum Gasteiger partial charge on any atom is 0.264 e. The molecule has 0 saturated heterocycles. The second kappa shape index (κ2) is 9.85. The SMILES string of the molecule is O=C(CN(c1ccccc1)S(=O)(=O)c1ccc(Cl)cc1)N/N=C\c1cccc2ccccc12. The number of anilines is 1. The molecule has 8 heteroatoms. The maximum atomic E-state index is 13.3. The summed E-state index contributed by atoms with van der Waals surface area (Å²) in [6.45, 7) is -0.443. The van der Waals surface area contributed by atoms with Gasteiger partial charge in [0.25, 0.3) is 15.9 Å². The molecule has 0 spiro atoms. The van der Waals surface area contributed by atoms with E-state index in [-0.39, 0.29) is 4.90 Å². The van der Waals surface area contributed by atoms with Crippen molar-refractivity contribution in [1.29, 1.82) is 0 Å². The Morgan fingerprint density at radius 2 is 1.55 bits per heavy atom. The number of hydrazone groups is 1. The van der Waals surface area contributed by atoms with Crippen molar-refractivity contribution in [3.63, 3.8) is 0 Å². The number of benzene rings is 4. The van der Waals surface area contributed by atoms with Crippen LogP contribution in [0.25, 0.3) is 10.8 Å². The third-order valence-electron chi connectivity index (χ3n) is 4.95. The van der Waals surface area contributed by atoms with Crippen LogP contribution in [0.3, 0.4) is 0 Å². The zero-order valence-corrected chi connectivity index (χ0v) is 19.0. The van der Waals surface area contributed by atoms with Crippen LogP contribution in [0.2, 0.25) is 5.02 Å². The standard InChI is InChI=1S/C25H20ClN3O3S/c26-21-13-15-23(16-14-21)33(31,32)29(22-10-2-1-3-11-22)18-25(30)28-27-17-20-9-6-8-19-7-4-5-12-24(19)20/h1-17H,18H2,(H,28,30)/b27-17-. The Bertz CT molecular complexity index is 1400. The van der Waals surface area contributed by atoms with Gasteiger partial charge in [0.2, 0.25) is 0 Å². The summed E-state index contributed by atoms with van der Waals surface area (Å²) in [6.07, 6.45) is 1.54. The molecule has 0 aromatic heterocycles. The van der Waals surface area contributed by atoms with Crippen molar-refractivity contribution in [3.05, 3.63) is 108 Å². The molecule has 0 atom stereocenters. The first-order valence-electron chi connectivity index (χ1n) is 10.1. The zero-order chi connectivity index (χ0) is 23.3. The summed E-state index contributed by atoms with van der Waals surface area (Å²) in [4.78, 5) is 12.7. The minimum Gasteiger partial charge on any atom is -0.271 e. The molecule has 0 radical (unpaired) electrons. The largest absolute Gasteiger partial charge is 0.271 e. The molecule has 4 rings (SSSR count). The Labute approximate surface area is 197 Å². The first-order valence-corrected chi connectivity index (χ1v) is 11.9. The molecule has 166 valence electrons. The van der Waals surface area contributed by atoms with Crippen molar-refractivity contribution in [1.82, 2.24) is 5.43 Å². The maximum absolute atomic E-state index is 13.3. The quantitative estimate of drug-likeness (QED) is 0.305. The number of para-hydroxylation sites is 1. The minimum absolute atomic E-state index is 0.0304. The van der Waals surface area contributed by atoms with E-state index in [4.69, 9.17) is 11.6 Å². The number of nitrogens with one attached hydrogen (secondary N) is 1. The molecular weight excluding hydrogens is 458 g/mol. The lowest BCUT2D eigenvalue weighted by Gasteiger charge is -2.23. The van der Waals surface area contributed by atoms with Crippen LogP contribution in [0.4, 0.5) is 5.69 Å². The highest BCUT2D eigenvalue weighted by Gasteiger charge is 2.27. The highest BCUT2D eigenvalue weighted by Crippen LogP contribution is 2.24. The van der Waals surface area contributed by atoms with Crippen molar-refractivity contribution >= 4 is 50.2 Å². The summed E-state index contributed by atoms with van der Waals surface area (Å²) >= 11 is 5.90. The number of hydrogen-bond donors (Lipinski definition) is 1. The molecule has 4 aromatic carbocycles. The van der Waals surface area contributed by atoms with E-state index in [1.807, 2.05) is 42.5 Å². The average molecular weight is 478 g/mol. The number of sulfonamides is 1. The number of amides is 1. The molecule has 33 heavy (non-hydrogen) atoms. The number of nitrogens with zero attached hydrogens (tertiary/aromatic N) is 2. The van der Waals surface area contributed by atoms with Crippen LogP contribution in [0.15, 0.2) is 107 Å². The lowest BCUT2D eigenvalue weighted by molar-refractivity contribution is -0.119. The fraction of sp³-hybridized carbons (Fsp3) is 0.0400. The molecule has 0 unspecified atom stereocenters. The van der Waals surface area contributed by atoms with Crippen molar-refractivity contribution in [3.8, 4) is 0 Å². The molecule has 0 heterocycles. The lowest BCUT2D eigenvalue weighted by atomic mass is 10.1. The molecule has 0 fully saturated rings. The van der Waals surface area contributed by atoms with Gasteiger partial charge >= 0.3 is 0 Å².